The van der Waals surface area contributed by atoms with Gasteiger partial charge in [-0.05, 0) is 12.1 Å². The summed E-state index contributed by atoms with van der Waals surface area (Å²) >= 11 is 0. The lowest BCUT2D eigenvalue weighted by molar-refractivity contribution is 0.598. The van der Waals surface area contributed by atoms with E-state index in [-0.39, 0.29) is 5.03 Å². The first kappa shape index (κ1) is 7.21. The van der Waals surface area contributed by atoms with E-state index in [0.29, 0.717) is 0 Å². The van der Waals surface area contributed by atoms with E-state index in [0.717, 1.165) is 6.26 Å². The minimum absolute atomic E-state index is 0.120. The Hall–Kier alpha value is -0.900. The van der Waals surface area contributed by atoms with Crippen LogP contribution in [0.1, 0.15) is 0 Å². The van der Waals surface area contributed by atoms with Crippen LogP contribution in [0.25, 0.3) is 0 Å². The maximum Gasteiger partial charge on any atom is 0.192 e. The molecule has 0 unspecified atom stereocenters. The topological polar surface area (TPSA) is 47.0 Å². The Morgan fingerprint density at radius 1 is 1.40 bits per heavy atom. The van der Waals surface area contributed by atoms with Crippen molar-refractivity contribution in [3.05, 3.63) is 24.4 Å². The second-order valence-corrected chi connectivity index (χ2v) is 3.90. The van der Waals surface area contributed by atoms with Crippen LogP contribution in [0, 0.1) is 0 Å². The monoisotopic (exact) mass is 157 g/mol. The molecule has 0 fully saturated rings. The van der Waals surface area contributed by atoms with Gasteiger partial charge in [-0.1, -0.05) is 6.07 Å². The molecule has 3 nitrogen and oxygen atoms in total. The zero-order chi connectivity index (χ0) is 7.61. The Morgan fingerprint density at radius 3 is 2.40 bits per heavy atom. The van der Waals surface area contributed by atoms with Crippen LogP contribution in [0.5, 0.6) is 0 Å². The van der Waals surface area contributed by atoms with E-state index < -0.39 is 9.84 Å². The highest BCUT2D eigenvalue weighted by molar-refractivity contribution is 7.90. The maximum absolute atomic E-state index is 10.8. The predicted octanol–water partition coefficient (Wildman–Crippen LogP) is 0.485. The van der Waals surface area contributed by atoms with Gasteiger partial charge in [0.15, 0.2) is 14.9 Å². The van der Waals surface area contributed by atoms with Crippen molar-refractivity contribution in [2.45, 2.75) is 5.03 Å². The summed E-state index contributed by atoms with van der Waals surface area (Å²) in [6.45, 7) is 0. The molecule has 4 heteroatoms. The van der Waals surface area contributed by atoms with E-state index in [1.165, 1.54) is 12.3 Å². The molecule has 1 aromatic rings. The summed E-state index contributed by atoms with van der Waals surface area (Å²) in [7, 11) is -3.11. The van der Waals surface area contributed by atoms with Crippen LogP contribution < -0.4 is 0 Å². The van der Waals surface area contributed by atoms with E-state index in [9.17, 15) is 8.42 Å². The van der Waals surface area contributed by atoms with E-state index >= 15 is 0 Å². The molecule has 0 aliphatic rings. The molecule has 0 aromatic carbocycles. The first-order valence-corrected chi connectivity index (χ1v) is 4.61. The van der Waals surface area contributed by atoms with Crippen LogP contribution in [0.15, 0.2) is 29.4 Å². The third kappa shape index (κ3) is 1.54. The van der Waals surface area contributed by atoms with Crippen molar-refractivity contribution in [1.29, 1.82) is 0 Å². The summed E-state index contributed by atoms with van der Waals surface area (Å²) in [4.78, 5) is 3.66. The average Bonchev–Trinajstić information content (AvgIpc) is 1.88. The van der Waals surface area contributed by atoms with Crippen molar-refractivity contribution in [2.24, 2.45) is 0 Å². The van der Waals surface area contributed by atoms with Crippen molar-refractivity contribution in [3.63, 3.8) is 0 Å². The average molecular weight is 157 g/mol. The largest absolute Gasteiger partial charge is 0.245 e. The van der Waals surface area contributed by atoms with Crippen molar-refractivity contribution in [2.75, 3.05) is 6.26 Å². The first-order chi connectivity index (χ1) is 4.61. The van der Waals surface area contributed by atoms with Gasteiger partial charge >= 0.3 is 0 Å². The standard InChI is InChI=1S/C6H7NO2S/c1-10(8,9)6-4-2-3-5-7-6/h2-5H,1H3. The van der Waals surface area contributed by atoms with E-state index in [2.05, 4.69) is 4.98 Å². The second-order valence-electron chi connectivity index (χ2n) is 1.94. The molecule has 54 valence electrons. The number of hydrogen-bond donors (Lipinski definition) is 0. The molecule has 10 heavy (non-hydrogen) atoms. The number of sulfone groups is 1. The third-order valence-corrected chi connectivity index (χ3v) is 2.02. The summed E-state index contributed by atoms with van der Waals surface area (Å²) in [6.07, 6.45) is 2.59. The molecule has 0 radical (unpaired) electrons. The normalized spacial score (nSPS) is 11.3. The fraction of sp³-hybridized carbons (Fsp3) is 0.167. The van der Waals surface area contributed by atoms with Crippen molar-refractivity contribution in [1.82, 2.24) is 4.98 Å². The smallest absolute Gasteiger partial charge is 0.192 e. The molecule has 0 atom stereocenters. The summed E-state index contributed by atoms with van der Waals surface area (Å²) in [5, 5.41) is 0.120. The van der Waals surface area contributed by atoms with Gasteiger partial charge in [0.2, 0.25) is 0 Å². The van der Waals surface area contributed by atoms with Gasteiger partial charge in [0.1, 0.15) is 0 Å². The molecule has 0 N–H and O–H groups in total. The van der Waals surface area contributed by atoms with Crippen LogP contribution >= 0.6 is 0 Å². The third-order valence-electron chi connectivity index (χ3n) is 1.02. The molecule has 0 saturated carbocycles. The Bertz CT molecular complexity index is 304. The van der Waals surface area contributed by atoms with E-state index in [4.69, 9.17) is 0 Å². The Morgan fingerprint density at radius 2 is 2.10 bits per heavy atom. The molecular weight excluding hydrogens is 150 g/mol. The van der Waals surface area contributed by atoms with Gasteiger partial charge in [0.25, 0.3) is 0 Å². The van der Waals surface area contributed by atoms with Gasteiger partial charge in [-0.2, -0.15) is 0 Å². The van der Waals surface area contributed by atoms with Crippen LogP contribution in [0.4, 0.5) is 0 Å². The minimum atomic E-state index is -3.11. The number of hydrogen-bond acceptors (Lipinski definition) is 3. The van der Waals surface area contributed by atoms with Crippen LogP contribution in [-0.2, 0) is 9.84 Å². The highest BCUT2D eigenvalue weighted by Gasteiger charge is 2.05. The lowest BCUT2D eigenvalue weighted by atomic mass is 10.5. The van der Waals surface area contributed by atoms with Gasteiger partial charge in [-0.25, -0.2) is 13.4 Å². The molecule has 1 aromatic heterocycles. The minimum Gasteiger partial charge on any atom is -0.245 e. The number of aromatic nitrogens is 1. The zero-order valence-corrected chi connectivity index (χ0v) is 6.30. The summed E-state index contributed by atoms with van der Waals surface area (Å²) in [6, 6.07) is 4.79. The maximum atomic E-state index is 10.8. The molecule has 0 aliphatic carbocycles. The zero-order valence-electron chi connectivity index (χ0n) is 5.48. The van der Waals surface area contributed by atoms with Gasteiger partial charge in [0.05, 0.1) is 0 Å². The van der Waals surface area contributed by atoms with Crippen LogP contribution in [-0.4, -0.2) is 19.7 Å². The van der Waals surface area contributed by atoms with Gasteiger partial charge in [-0.3, -0.25) is 0 Å². The lowest BCUT2D eigenvalue weighted by Crippen LogP contribution is -1.98. The number of pyridine rings is 1. The van der Waals surface area contributed by atoms with Crippen molar-refractivity contribution < 1.29 is 8.42 Å². The number of rotatable bonds is 1. The fourth-order valence-electron chi connectivity index (χ4n) is 0.566. The van der Waals surface area contributed by atoms with Gasteiger partial charge in [-0.15, -0.1) is 0 Å². The van der Waals surface area contributed by atoms with Gasteiger partial charge < -0.3 is 0 Å². The molecule has 0 amide bonds. The molecule has 0 bridgehead atoms. The molecule has 1 heterocycles. The molecular formula is C6H7NO2S. The first-order valence-electron chi connectivity index (χ1n) is 2.72. The fourth-order valence-corrected chi connectivity index (χ4v) is 1.14. The molecule has 0 spiro atoms. The Kier molecular flexibility index (Phi) is 1.72. The quantitative estimate of drug-likeness (QED) is 0.596. The Balaban J connectivity index is 3.22. The van der Waals surface area contributed by atoms with Crippen molar-refractivity contribution >= 4 is 9.84 Å². The Labute approximate surface area is 59.6 Å². The van der Waals surface area contributed by atoms with Crippen LogP contribution in [0.2, 0.25) is 0 Å². The molecule has 0 aliphatic heterocycles. The van der Waals surface area contributed by atoms with Crippen LogP contribution in [0.3, 0.4) is 0 Å². The summed E-state index contributed by atoms with van der Waals surface area (Å²) < 4.78 is 21.5. The highest BCUT2D eigenvalue weighted by Crippen LogP contribution is 2.00. The lowest BCUT2D eigenvalue weighted by Gasteiger charge is -1.92. The second kappa shape index (κ2) is 2.38. The van der Waals surface area contributed by atoms with E-state index in [1.54, 1.807) is 12.1 Å². The van der Waals surface area contributed by atoms with Gasteiger partial charge in [0, 0.05) is 12.5 Å². The predicted molar refractivity (Wildman–Crippen MR) is 37.3 cm³/mol. The highest BCUT2D eigenvalue weighted by atomic mass is 32.2. The number of nitrogens with zero attached hydrogens (tertiary/aromatic N) is 1. The molecule has 0 saturated heterocycles. The molecule has 1 rings (SSSR count). The SMILES string of the molecule is CS(=O)(=O)c1ccccn1. The van der Waals surface area contributed by atoms with Crippen molar-refractivity contribution in [3.8, 4) is 0 Å². The van der Waals surface area contributed by atoms with E-state index in [1.807, 2.05) is 0 Å². The summed E-state index contributed by atoms with van der Waals surface area (Å²) in [5.74, 6) is 0. The summed E-state index contributed by atoms with van der Waals surface area (Å²) in [5.41, 5.74) is 0.